The predicted molar refractivity (Wildman–Crippen MR) is 78.4 cm³/mol. The van der Waals surface area contributed by atoms with Crippen LogP contribution in [0.5, 0.6) is 0 Å². The van der Waals surface area contributed by atoms with E-state index in [9.17, 15) is 0 Å². The fraction of sp³-hybridized carbons (Fsp3) is 0.462. The van der Waals surface area contributed by atoms with E-state index in [1.165, 1.54) is 4.88 Å². The second-order valence-electron chi connectivity index (χ2n) is 4.80. The third-order valence-electron chi connectivity index (χ3n) is 2.64. The molecule has 1 N–H and O–H groups in total. The van der Waals surface area contributed by atoms with Gasteiger partial charge in [0.1, 0.15) is 0 Å². The Morgan fingerprint density at radius 3 is 2.78 bits per heavy atom. The molecule has 0 saturated heterocycles. The van der Waals surface area contributed by atoms with Crippen molar-refractivity contribution < 1.29 is 0 Å². The average Bonchev–Trinajstić information content (AvgIpc) is 2.88. The first kappa shape index (κ1) is 13.4. The van der Waals surface area contributed by atoms with Crippen LogP contribution in [-0.4, -0.2) is 9.55 Å². The van der Waals surface area contributed by atoms with E-state index < -0.39 is 0 Å². The molecule has 0 saturated carbocycles. The van der Waals surface area contributed by atoms with Crippen molar-refractivity contribution in [2.45, 2.75) is 33.4 Å². The van der Waals surface area contributed by atoms with Gasteiger partial charge < -0.3 is 9.88 Å². The fourth-order valence-electron chi connectivity index (χ4n) is 1.82. The number of imidazole rings is 1. The minimum atomic E-state index is 0.218. The Morgan fingerprint density at radius 2 is 2.17 bits per heavy atom. The lowest BCUT2D eigenvalue weighted by molar-refractivity contribution is 0.525. The molecule has 18 heavy (non-hydrogen) atoms. The van der Waals surface area contributed by atoms with Crippen molar-refractivity contribution in [3.63, 3.8) is 0 Å². The summed E-state index contributed by atoms with van der Waals surface area (Å²) in [5.74, 6) is 1.52. The smallest absolute Gasteiger partial charge is 0.203 e. The van der Waals surface area contributed by atoms with Crippen LogP contribution in [0.25, 0.3) is 0 Å². The summed E-state index contributed by atoms with van der Waals surface area (Å²) in [6.45, 7) is 7.50. The van der Waals surface area contributed by atoms with E-state index in [4.69, 9.17) is 11.6 Å². The topological polar surface area (TPSA) is 29.9 Å². The van der Waals surface area contributed by atoms with E-state index in [0.717, 1.165) is 16.8 Å². The zero-order valence-electron chi connectivity index (χ0n) is 10.9. The first-order valence-corrected chi connectivity index (χ1v) is 7.28. The van der Waals surface area contributed by atoms with Gasteiger partial charge in [-0.3, -0.25) is 0 Å². The van der Waals surface area contributed by atoms with E-state index in [2.05, 4.69) is 41.7 Å². The molecule has 2 rings (SSSR count). The van der Waals surface area contributed by atoms with Crippen molar-refractivity contribution in [3.05, 3.63) is 33.7 Å². The van der Waals surface area contributed by atoms with Crippen LogP contribution in [0.1, 0.15) is 31.7 Å². The molecule has 0 aromatic carbocycles. The molecule has 0 radical (unpaired) electrons. The first-order valence-electron chi connectivity index (χ1n) is 6.09. The zero-order valence-corrected chi connectivity index (χ0v) is 12.4. The number of nitrogens with one attached hydrogen (secondary N) is 1. The number of anilines is 1. The standard InChI is InChI=1S/C13H18ClN3S/c1-9(2)8-17-7-6-15-13(17)16-10(3)11-4-5-12(14)18-11/h4-7,9-10H,8H2,1-3H3,(H,15,16). The Bertz CT molecular complexity index is 504. The average molecular weight is 284 g/mol. The molecule has 2 aromatic heterocycles. The summed E-state index contributed by atoms with van der Waals surface area (Å²) in [7, 11) is 0. The maximum Gasteiger partial charge on any atom is 0.203 e. The van der Waals surface area contributed by atoms with E-state index in [0.29, 0.717) is 5.92 Å². The van der Waals surface area contributed by atoms with E-state index in [1.807, 2.05) is 18.5 Å². The molecule has 2 aromatic rings. The van der Waals surface area contributed by atoms with Crippen molar-refractivity contribution in [2.75, 3.05) is 5.32 Å². The molecule has 0 fully saturated rings. The molecule has 2 heterocycles. The highest BCUT2D eigenvalue weighted by molar-refractivity contribution is 7.16. The SMILES string of the molecule is CC(C)Cn1ccnc1NC(C)c1ccc(Cl)s1. The lowest BCUT2D eigenvalue weighted by atomic mass is 10.2. The molecule has 0 amide bonds. The summed E-state index contributed by atoms with van der Waals surface area (Å²) in [5.41, 5.74) is 0. The fourth-order valence-corrected chi connectivity index (χ4v) is 2.88. The Kier molecular flexibility index (Phi) is 4.30. The molecule has 0 aliphatic rings. The van der Waals surface area contributed by atoms with Crippen LogP contribution in [0.15, 0.2) is 24.5 Å². The normalized spacial score (nSPS) is 12.9. The van der Waals surface area contributed by atoms with Gasteiger partial charge in [0.05, 0.1) is 10.4 Å². The molecule has 0 spiro atoms. The van der Waals surface area contributed by atoms with E-state index in [-0.39, 0.29) is 6.04 Å². The number of rotatable bonds is 5. The number of aromatic nitrogens is 2. The minimum Gasteiger partial charge on any atom is -0.348 e. The largest absolute Gasteiger partial charge is 0.348 e. The molecule has 0 bridgehead atoms. The van der Waals surface area contributed by atoms with Gasteiger partial charge in [0.15, 0.2) is 0 Å². The highest BCUT2D eigenvalue weighted by atomic mass is 35.5. The summed E-state index contributed by atoms with van der Waals surface area (Å²) < 4.78 is 2.97. The monoisotopic (exact) mass is 283 g/mol. The van der Waals surface area contributed by atoms with Crippen molar-refractivity contribution in [2.24, 2.45) is 5.92 Å². The van der Waals surface area contributed by atoms with Gasteiger partial charge in [0.2, 0.25) is 5.95 Å². The number of nitrogens with zero attached hydrogens (tertiary/aromatic N) is 2. The summed E-state index contributed by atoms with van der Waals surface area (Å²) in [6.07, 6.45) is 3.84. The van der Waals surface area contributed by atoms with Crippen LogP contribution in [0.2, 0.25) is 4.34 Å². The minimum absolute atomic E-state index is 0.218. The van der Waals surface area contributed by atoms with Crippen molar-refractivity contribution in [1.29, 1.82) is 0 Å². The first-order chi connectivity index (χ1) is 8.56. The van der Waals surface area contributed by atoms with Crippen molar-refractivity contribution in [1.82, 2.24) is 9.55 Å². The van der Waals surface area contributed by atoms with Crippen LogP contribution >= 0.6 is 22.9 Å². The summed E-state index contributed by atoms with van der Waals surface area (Å²) in [6, 6.07) is 4.21. The zero-order chi connectivity index (χ0) is 13.1. The lowest BCUT2D eigenvalue weighted by Gasteiger charge is -2.15. The third-order valence-corrected chi connectivity index (χ3v) is 4.06. The van der Waals surface area contributed by atoms with Gasteiger partial charge in [0, 0.05) is 23.8 Å². The van der Waals surface area contributed by atoms with E-state index >= 15 is 0 Å². The number of halogens is 1. The molecule has 1 unspecified atom stereocenters. The number of hydrogen-bond acceptors (Lipinski definition) is 3. The van der Waals surface area contributed by atoms with Crippen LogP contribution in [-0.2, 0) is 6.54 Å². The molecule has 0 aliphatic carbocycles. The molecule has 5 heteroatoms. The maximum atomic E-state index is 5.96. The van der Waals surface area contributed by atoms with Gasteiger partial charge in [0.25, 0.3) is 0 Å². The second-order valence-corrected chi connectivity index (χ2v) is 6.55. The molecule has 1 atom stereocenters. The lowest BCUT2D eigenvalue weighted by Crippen LogP contribution is -2.12. The van der Waals surface area contributed by atoms with Crippen molar-refractivity contribution >= 4 is 28.9 Å². The molecule has 0 aliphatic heterocycles. The van der Waals surface area contributed by atoms with Crippen molar-refractivity contribution in [3.8, 4) is 0 Å². The van der Waals surface area contributed by atoms with Crippen LogP contribution in [0, 0.1) is 5.92 Å². The van der Waals surface area contributed by atoms with Gasteiger partial charge in [-0.2, -0.15) is 0 Å². The van der Waals surface area contributed by atoms with Crippen LogP contribution < -0.4 is 5.32 Å². The Labute approximate surface area is 117 Å². The second kappa shape index (κ2) is 5.76. The third kappa shape index (κ3) is 3.27. The number of thiophene rings is 1. The van der Waals surface area contributed by atoms with Gasteiger partial charge in [-0.15, -0.1) is 11.3 Å². The summed E-state index contributed by atoms with van der Waals surface area (Å²) >= 11 is 7.56. The van der Waals surface area contributed by atoms with Crippen LogP contribution in [0.3, 0.4) is 0 Å². The van der Waals surface area contributed by atoms with Gasteiger partial charge in [-0.25, -0.2) is 4.98 Å². The Morgan fingerprint density at radius 1 is 1.39 bits per heavy atom. The molecule has 3 nitrogen and oxygen atoms in total. The molecular formula is C13H18ClN3S. The molecule has 98 valence electrons. The highest BCUT2D eigenvalue weighted by Crippen LogP contribution is 2.28. The highest BCUT2D eigenvalue weighted by Gasteiger charge is 2.11. The Hall–Kier alpha value is -1.000. The summed E-state index contributed by atoms with van der Waals surface area (Å²) in [4.78, 5) is 5.59. The quantitative estimate of drug-likeness (QED) is 0.880. The van der Waals surface area contributed by atoms with E-state index in [1.54, 1.807) is 11.3 Å². The Balaban J connectivity index is 2.07. The maximum absolute atomic E-state index is 5.96. The van der Waals surface area contributed by atoms with Crippen LogP contribution in [0.4, 0.5) is 5.95 Å². The van der Waals surface area contributed by atoms with Gasteiger partial charge in [-0.05, 0) is 25.0 Å². The van der Waals surface area contributed by atoms with Gasteiger partial charge in [-0.1, -0.05) is 25.4 Å². The molecular weight excluding hydrogens is 266 g/mol. The number of hydrogen-bond donors (Lipinski definition) is 1. The predicted octanol–water partition coefficient (Wildman–Crippen LogP) is 4.43. The van der Waals surface area contributed by atoms with Gasteiger partial charge >= 0.3 is 0 Å². The summed E-state index contributed by atoms with van der Waals surface area (Å²) in [5, 5.41) is 3.43.